The lowest BCUT2D eigenvalue weighted by Crippen LogP contribution is -2.26. The number of ketones is 2. The van der Waals surface area contributed by atoms with Crippen molar-refractivity contribution in [1.82, 2.24) is 0 Å². The normalized spacial score (nSPS) is 13.0. The van der Waals surface area contributed by atoms with Gasteiger partial charge in [-0.1, -0.05) is 12.1 Å². The Kier molecular flexibility index (Phi) is 2.84. The van der Waals surface area contributed by atoms with E-state index >= 15 is 0 Å². The second-order valence-corrected chi connectivity index (χ2v) is 5.89. The SMILES string of the molecule is Nc1c(N)c(N)c2c(c1N)C(=O)c1cccc(I)c1C2=O. The maximum Gasteiger partial charge on any atom is 0.197 e. The predicted octanol–water partition coefficient (Wildman–Crippen LogP) is 1.40. The number of nitrogens with two attached hydrogens (primary N) is 4. The number of halogens is 1. The van der Waals surface area contributed by atoms with E-state index in [9.17, 15) is 9.59 Å². The first-order chi connectivity index (χ1) is 9.86. The number of anilines is 4. The van der Waals surface area contributed by atoms with Crippen molar-refractivity contribution < 1.29 is 9.59 Å². The molecular weight excluding hydrogens is 383 g/mol. The summed E-state index contributed by atoms with van der Waals surface area (Å²) in [4.78, 5) is 25.4. The molecule has 0 atom stereocenters. The topological polar surface area (TPSA) is 138 Å². The van der Waals surface area contributed by atoms with Gasteiger partial charge in [0.1, 0.15) is 0 Å². The summed E-state index contributed by atoms with van der Waals surface area (Å²) in [6, 6.07) is 5.04. The molecule has 0 aromatic heterocycles. The molecule has 106 valence electrons. The second-order valence-electron chi connectivity index (χ2n) is 4.73. The summed E-state index contributed by atoms with van der Waals surface area (Å²) in [5.74, 6) is -0.727. The summed E-state index contributed by atoms with van der Waals surface area (Å²) in [7, 11) is 0. The van der Waals surface area contributed by atoms with E-state index in [1.54, 1.807) is 18.2 Å². The van der Waals surface area contributed by atoms with Crippen LogP contribution in [-0.4, -0.2) is 11.6 Å². The first kappa shape index (κ1) is 13.7. The van der Waals surface area contributed by atoms with E-state index in [1.165, 1.54) is 0 Å². The minimum atomic E-state index is -0.367. The molecule has 0 saturated carbocycles. The molecule has 0 aliphatic heterocycles. The second kappa shape index (κ2) is 4.35. The van der Waals surface area contributed by atoms with Crippen molar-refractivity contribution in [3.63, 3.8) is 0 Å². The van der Waals surface area contributed by atoms with Crippen LogP contribution in [0.5, 0.6) is 0 Å². The third-order valence-corrected chi connectivity index (χ3v) is 4.50. The van der Waals surface area contributed by atoms with Gasteiger partial charge in [-0.3, -0.25) is 9.59 Å². The molecule has 0 amide bonds. The van der Waals surface area contributed by atoms with Crippen molar-refractivity contribution in [2.75, 3.05) is 22.9 Å². The van der Waals surface area contributed by atoms with Crippen LogP contribution in [0, 0.1) is 3.57 Å². The molecule has 1 aliphatic rings. The quantitative estimate of drug-likeness (QED) is 0.336. The van der Waals surface area contributed by atoms with Crippen LogP contribution in [0.25, 0.3) is 0 Å². The van der Waals surface area contributed by atoms with Gasteiger partial charge in [-0.2, -0.15) is 0 Å². The van der Waals surface area contributed by atoms with Crippen LogP contribution < -0.4 is 22.9 Å². The van der Waals surface area contributed by atoms with Crippen LogP contribution in [-0.2, 0) is 0 Å². The summed E-state index contributed by atoms with van der Waals surface area (Å²) in [5, 5.41) is 0. The van der Waals surface area contributed by atoms with Gasteiger partial charge in [-0.25, -0.2) is 0 Å². The highest BCUT2D eigenvalue weighted by molar-refractivity contribution is 14.1. The number of carbonyl (C=O) groups is 2. The largest absolute Gasteiger partial charge is 0.396 e. The molecule has 1 aliphatic carbocycles. The molecule has 0 saturated heterocycles. The van der Waals surface area contributed by atoms with Gasteiger partial charge in [-0.15, -0.1) is 0 Å². The number of rotatable bonds is 0. The van der Waals surface area contributed by atoms with Crippen LogP contribution in [0.4, 0.5) is 22.7 Å². The molecule has 0 unspecified atom stereocenters. The zero-order valence-electron chi connectivity index (χ0n) is 10.7. The lowest BCUT2D eigenvalue weighted by atomic mass is 9.81. The highest BCUT2D eigenvalue weighted by Crippen LogP contribution is 2.42. The van der Waals surface area contributed by atoms with Gasteiger partial charge in [0, 0.05) is 14.7 Å². The molecule has 0 fully saturated rings. The third-order valence-electron chi connectivity index (χ3n) is 3.60. The minimum Gasteiger partial charge on any atom is -0.396 e. The summed E-state index contributed by atoms with van der Waals surface area (Å²) < 4.78 is 0.669. The van der Waals surface area contributed by atoms with E-state index in [0.717, 1.165) is 0 Å². The molecule has 2 aromatic carbocycles. The van der Waals surface area contributed by atoms with Crippen molar-refractivity contribution in [3.05, 3.63) is 44.0 Å². The standard InChI is InChI=1S/C14H11IN4O2/c15-5-3-1-2-4-6(5)14(21)8-7(13(4)20)9(16)11(18)12(19)10(8)17/h1-3H,16-19H2. The first-order valence-electron chi connectivity index (χ1n) is 6.00. The first-order valence-corrected chi connectivity index (χ1v) is 7.07. The van der Waals surface area contributed by atoms with Gasteiger partial charge >= 0.3 is 0 Å². The van der Waals surface area contributed by atoms with Crippen molar-refractivity contribution in [2.45, 2.75) is 0 Å². The summed E-state index contributed by atoms with van der Waals surface area (Å²) >= 11 is 2.00. The maximum atomic E-state index is 12.7. The molecule has 2 aromatic rings. The van der Waals surface area contributed by atoms with Crippen LogP contribution in [0.3, 0.4) is 0 Å². The maximum absolute atomic E-state index is 12.7. The number of hydrogen-bond donors (Lipinski definition) is 4. The number of hydrogen-bond acceptors (Lipinski definition) is 6. The van der Waals surface area contributed by atoms with Crippen LogP contribution >= 0.6 is 22.6 Å². The fourth-order valence-electron chi connectivity index (χ4n) is 2.50. The Morgan fingerprint density at radius 3 is 1.81 bits per heavy atom. The molecule has 7 heteroatoms. The predicted molar refractivity (Wildman–Crippen MR) is 90.1 cm³/mol. The Morgan fingerprint density at radius 2 is 1.24 bits per heavy atom. The van der Waals surface area contributed by atoms with Crippen LogP contribution in [0.1, 0.15) is 31.8 Å². The lowest BCUT2D eigenvalue weighted by Gasteiger charge is -2.23. The van der Waals surface area contributed by atoms with Gasteiger partial charge in [0.15, 0.2) is 11.6 Å². The van der Waals surface area contributed by atoms with Gasteiger partial charge in [0.25, 0.3) is 0 Å². The average molecular weight is 394 g/mol. The van der Waals surface area contributed by atoms with E-state index in [2.05, 4.69) is 0 Å². The number of fused-ring (bicyclic) bond motifs is 2. The Balaban J connectivity index is 2.47. The molecule has 0 spiro atoms. The Hall–Kier alpha value is -2.29. The molecule has 6 nitrogen and oxygen atoms in total. The number of carbonyl (C=O) groups excluding carboxylic acids is 2. The Bertz CT molecular complexity index is 846. The smallest absolute Gasteiger partial charge is 0.197 e. The molecule has 8 N–H and O–H groups in total. The van der Waals surface area contributed by atoms with E-state index in [0.29, 0.717) is 14.7 Å². The monoisotopic (exact) mass is 394 g/mol. The molecule has 0 bridgehead atoms. The highest BCUT2D eigenvalue weighted by Gasteiger charge is 2.36. The van der Waals surface area contributed by atoms with Crippen molar-refractivity contribution in [1.29, 1.82) is 0 Å². The summed E-state index contributed by atoms with van der Waals surface area (Å²) in [6.07, 6.45) is 0. The van der Waals surface area contributed by atoms with Gasteiger partial charge in [0.05, 0.1) is 33.9 Å². The fourth-order valence-corrected chi connectivity index (χ4v) is 3.25. The summed E-state index contributed by atoms with van der Waals surface area (Å²) in [6.45, 7) is 0. The summed E-state index contributed by atoms with van der Waals surface area (Å²) in [5.41, 5.74) is 24.1. The molecule has 21 heavy (non-hydrogen) atoms. The molecule has 0 heterocycles. The molecule has 0 radical (unpaired) electrons. The zero-order chi connectivity index (χ0) is 15.5. The van der Waals surface area contributed by atoms with Crippen molar-refractivity contribution >= 4 is 56.9 Å². The van der Waals surface area contributed by atoms with Crippen LogP contribution in [0.2, 0.25) is 0 Å². The fraction of sp³-hybridized carbons (Fsp3) is 0. The molecular formula is C14H11IN4O2. The Labute approximate surface area is 133 Å². The highest BCUT2D eigenvalue weighted by atomic mass is 127. The Morgan fingerprint density at radius 1 is 0.714 bits per heavy atom. The van der Waals surface area contributed by atoms with Gasteiger partial charge in [-0.05, 0) is 28.7 Å². The van der Waals surface area contributed by atoms with E-state index in [-0.39, 0.29) is 45.4 Å². The van der Waals surface area contributed by atoms with Crippen molar-refractivity contribution in [2.24, 2.45) is 0 Å². The minimum absolute atomic E-state index is 0.000327. The average Bonchev–Trinajstić information content (AvgIpc) is 2.46. The van der Waals surface area contributed by atoms with E-state index < -0.39 is 0 Å². The lowest BCUT2D eigenvalue weighted by molar-refractivity contribution is 0.0979. The zero-order valence-corrected chi connectivity index (χ0v) is 12.9. The van der Waals surface area contributed by atoms with Gasteiger partial charge in [0.2, 0.25) is 0 Å². The van der Waals surface area contributed by atoms with E-state index in [1.807, 2.05) is 22.6 Å². The number of benzene rings is 2. The van der Waals surface area contributed by atoms with Crippen LogP contribution in [0.15, 0.2) is 18.2 Å². The third kappa shape index (κ3) is 1.63. The van der Waals surface area contributed by atoms with Crippen molar-refractivity contribution in [3.8, 4) is 0 Å². The number of nitrogen functional groups attached to an aromatic ring is 4. The van der Waals surface area contributed by atoms with E-state index in [4.69, 9.17) is 22.9 Å². The van der Waals surface area contributed by atoms with Gasteiger partial charge < -0.3 is 22.9 Å². The molecule has 3 rings (SSSR count).